The fourth-order valence-electron chi connectivity index (χ4n) is 2.98. The molecule has 1 fully saturated rings. The van der Waals surface area contributed by atoms with Crippen molar-refractivity contribution >= 4 is 22.7 Å². The summed E-state index contributed by atoms with van der Waals surface area (Å²) < 4.78 is 0. The fraction of sp³-hybridized carbons (Fsp3) is 0.500. The summed E-state index contributed by atoms with van der Waals surface area (Å²) in [4.78, 5) is 20.4. The van der Waals surface area contributed by atoms with Gasteiger partial charge in [-0.15, -0.1) is 0 Å². The van der Waals surface area contributed by atoms with Crippen LogP contribution in [-0.2, 0) is 0 Å². The number of hydrogen-bond acceptors (Lipinski definition) is 5. The van der Waals surface area contributed by atoms with Crippen LogP contribution in [0.5, 0.6) is 0 Å². The van der Waals surface area contributed by atoms with Gasteiger partial charge in [0.05, 0.1) is 16.0 Å². The third-order valence-electron chi connectivity index (χ3n) is 4.06. The van der Waals surface area contributed by atoms with Crippen LogP contribution in [0.3, 0.4) is 0 Å². The summed E-state index contributed by atoms with van der Waals surface area (Å²) in [5, 5.41) is 10.8. The maximum atomic E-state index is 10.8. The second-order valence-corrected chi connectivity index (χ2v) is 5.55. The van der Waals surface area contributed by atoms with Gasteiger partial charge in [0, 0.05) is 25.2 Å². The van der Waals surface area contributed by atoms with Crippen LogP contribution in [0, 0.1) is 16.0 Å². The largest absolute Gasteiger partial charge is 0.342 e. The number of non-ortho nitro benzene ring substituents is 1. The highest BCUT2D eigenvalue weighted by Gasteiger charge is 2.22. The first-order chi connectivity index (χ1) is 10.2. The zero-order valence-electron chi connectivity index (χ0n) is 11.8. The van der Waals surface area contributed by atoms with Crippen LogP contribution in [0.2, 0.25) is 0 Å². The number of aromatic amines is 1. The Labute approximate surface area is 122 Å². The van der Waals surface area contributed by atoms with E-state index < -0.39 is 4.92 Å². The van der Waals surface area contributed by atoms with Gasteiger partial charge in [0.1, 0.15) is 0 Å². The smallest absolute Gasteiger partial charge is 0.271 e. The van der Waals surface area contributed by atoms with Crippen molar-refractivity contribution in [3.05, 3.63) is 28.3 Å². The molecule has 1 saturated heterocycles. The van der Waals surface area contributed by atoms with Crippen LogP contribution in [0.4, 0.5) is 11.6 Å². The standard InChI is InChI=1S/C14H19N5O2/c15-6-5-10-2-1-7-18(9-10)14-16-12-4-3-11(19(20)21)8-13(12)17-14/h3-4,8,10H,1-2,5-7,9,15H2,(H,16,17). The molecule has 0 amide bonds. The van der Waals surface area contributed by atoms with E-state index in [9.17, 15) is 10.1 Å². The number of nitrogens with one attached hydrogen (secondary N) is 1. The molecule has 1 aliphatic heterocycles. The third-order valence-corrected chi connectivity index (χ3v) is 4.06. The number of aromatic nitrogens is 2. The van der Waals surface area contributed by atoms with Crippen molar-refractivity contribution in [2.75, 3.05) is 24.5 Å². The molecule has 21 heavy (non-hydrogen) atoms. The Bertz CT molecular complexity index is 652. The van der Waals surface area contributed by atoms with Gasteiger partial charge in [0.2, 0.25) is 5.95 Å². The molecule has 1 aromatic heterocycles. The fourth-order valence-corrected chi connectivity index (χ4v) is 2.98. The summed E-state index contributed by atoms with van der Waals surface area (Å²) in [6, 6.07) is 4.71. The minimum atomic E-state index is -0.391. The Hall–Kier alpha value is -2.15. The van der Waals surface area contributed by atoms with Gasteiger partial charge < -0.3 is 15.6 Å². The summed E-state index contributed by atoms with van der Waals surface area (Å²) in [5.74, 6) is 1.40. The van der Waals surface area contributed by atoms with Crippen LogP contribution in [0.15, 0.2) is 18.2 Å². The van der Waals surface area contributed by atoms with E-state index in [0.717, 1.165) is 37.4 Å². The summed E-state index contributed by atoms with van der Waals surface area (Å²) in [6.07, 6.45) is 3.36. The molecular formula is C14H19N5O2. The van der Waals surface area contributed by atoms with Gasteiger partial charge in [-0.1, -0.05) is 0 Å². The Kier molecular flexibility index (Phi) is 3.74. The van der Waals surface area contributed by atoms with Crippen LogP contribution >= 0.6 is 0 Å². The van der Waals surface area contributed by atoms with E-state index in [-0.39, 0.29) is 5.69 Å². The Morgan fingerprint density at radius 1 is 1.52 bits per heavy atom. The number of anilines is 1. The lowest BCUT2D eigenvalue weighted by atomic mass is 9.95. The molecule has 0 saturated carbocycles. The number of rotatable bonds is 4. The van der Waals surface area contributed by atoms with E-state index in [1.807, 2.05) is 0 Å². The Morgan fingerprint density at radius 2 is 2.38 bits per heavy atom. The molecule has 112 valence electrons. The molecule has 0 spiro atoms. The van der Waals surface area contributed by atoms with Crippen LogP contribution in [0.1, 0.15) is 19.3 Å². The van der Waals surface area contributed by atoms with E-state index in [2.05, 4.69) is 14.9 Å². The van der Waals surface area contributed by atoms with Crippen LogP contribution in [-0.4, -0.2) is 34.5 Å². The molecular weight excluding hydrogens is 270 g/mol. The zero-order valence-corrected chi connectivity index (χ0v) is 11.8. The van der Waals surface area contributed by atoms with Gasteiger partial charge in [-0.05, 0) is 37.8 Å². The number of imidazole rings is 1. The molecule has 0 bridgehead atoms. The lowest BCUT2D eigenvalue weighted by molar-refractivity contribution is -0.384. The summed E-state index contributed by atoms with van der Waals surface area (Å²) in [5.41, 5.74) is 7.19. The lowest BCUT2D eigenvalue weighted by Gasteiger charge is -2.32. The number of hydrogen-bond donors (Lipinski definition) is 2. The normalized spacial score (nSPS) is 19.1. The number of benzene rings is 1. The predicted molar refractivity (Wildman–Crippen MR) is 81.4 cm³/mol. The molecule has 2 aromatic rings. The van der Waals surface area contributed by atoms with Crippen molar-refractivity contribution in [3.8, 4) is 0 Å². The highest BCUT2D eigenvalue weighted by atomic mass is 16.6. The highest BCUT2D eigenvalue weighted by molar-refractivity contribution is 5.80. The van der Waals surface area contributed by atoms with Gasteiger partial charge >= 0.3 is 0 Å². The Balaban J connectivity index is 1.85. The van der Waals surface area contributed by atoms with Crippen LogP contribution < -0.4 is 10.6 Å². The quantitative estimate of drug-likeness (QED) is 0.662. The Morgan fingerprint density at radius 3 is 3.14 bits per heavy atom. The van der Waals surface area contributed by atoms with E-state index in [1.54, 1.807) is 6.07 Å². The lowest BCUT2D eigenvalue weighted by Crippen LogP contribution is -2.36. The molecule has 3 N–H and O–H groups in total. The van der Waals surface area contributed by atoms with Crippen molar-refractivity contribution in [1.82, 2.24) is 9.97 Å². The molecule has 1 aliphatic rings. The number of nitrogens with two attached hydrogens (primary N) is 1. The maximum absolute atomic E-state index is 10.8. The zero-order chi connectivity index (χ0) is 14.8. The summed E-state index contributed by atoms with van der Waals surface area (Å²) >= 11 is 0. The molecule has 1 unspecified atom stereocenters. The minimum Gasteiger partial charge on any atom is -0.342 e. The van der Waals surface area contributed by atoms with Crippen molar-refractivity contribution in [3.63, 3.8) is 0 Å². The average Bonchev–Trinajstić information content (AvgIpc) is 2.91. The molecule has 2 heterocycles. The topological polar surface area (TPSA) is 101 Å². The molecule has 7 nitrogen and oxygen atoms in total. The van der Waals surface area contributed by atoms with E-state index in [4.69, 9.17) is 5.73 Å². The summed E-state index contributed by atoms with van der Waals surface area (Å²) in [7, 11) is 0. The molecule has 0 aliphatic carbocycles. The SMILES string of the molecule is NCCC1CCCN(c2nc3ccc([N+](=O)[O-])cc3[nH]2)C1. The molecule has 1 aromatic carbocycles. The predicted octanol–water partition coefficient (Wildman–Crippen LogP) is 2.04. The number of nitro benzene ring substituents is 1. The van der Waals surface area contributed by atoms with Crippen molar-refractivity contribution in [2.45, 2.75) is 19.3 Å². The molecule has 3 rings (SSSR count). The molecule has 7 heteroatoms. The van der Waals surface area contributed by atoms with E-state index in [0.29, 0.717) is 18.0 Å². The molecule has 0 radical (unpaired) electrons. The molecule has 1 atom stereocenters. The number of H-pyrrole nitrogens is 1. The van der Waals surface area contributed by atoms with Crippen molar-refractivity contribution in [2.24, 2.45) is 11.7 Å². The first-order valence-corrected chi connectivity index (χ1v) is 7.26. The van der Waals surface area contributed by atoms with Gasteiger partial charge in [-0.25, -0.2) is 4.98 Å². The minimum absolute atomic E-state index is 0.0809. The highest BCUT2D eigenvalue weighted by Crippen LogP contribution is 2.26. The third kappa shape index (κ3) is 2.82. The van der Waals surface area contributed by atoms with E-state index in [1.165, 1.54) is 18.6 Å². The van der Waals surface area contributed by atoms with Gasteiger partial charge in [-0.3, -0.25) is 10.1 Å². The number of piperidine rings is 1. The van der Waals surface area contributed by atoms with Crippen LogP contribution in [0.25, 0.3) is 11.0 Å². The van der Waals surface area contributed by atoms with Crippen molar-refractivity contribution in [1.29, 1.82) is 0 Å². The average molecular weight is 289 g/mol. The second-order valence-electron chi connectivity index (χ2n) is 5.55. The maximum Gasteiger partial charge on any atom is 0.271 e. The monoisotopic (exact) mass is 289 g/mol. The number of fused-ring (bicyclic) bond motifs is 1. The van der Waals surface area contributed by atoms with Gasteiger partial charge in [-0.2, -0.15) is 0 Å². The van der Waals surface area contributed by atoms with Gasteiger partial charge in [0.25, 0.3) is 5.69 Å². The number of nitro groups is 1. The van der Waals surface area contributed by atoms with Gasteiger partial charge in [0.15, 0.2) is 0 Å². The first-order valence-electron chi connectivity index (χ1n) is 7.26. The number of nitrogens with zero attached hydrogens (tertiary/aromatic N) is 3. The first kappa shape index (κ1) is 13.8. The summed E-state index contributed by atoms with van der Waals surface area (Å²) in [6.45, 7) is 2.62. The van der Waals surface area contributed by atoms with Crippen molar-refractivity contribution < 1.29 is 4.92 Å². The van der Waals surface area contributed by atoms with E-state index >= 15 is 0 Å². The second kappa shape index (κ2) is 5.69.